The predicted octanol–water partition coefficient (Wildman–Crippen LogP) is 2.64. The van der Waals surface area contributed by atoms with Crippen molar-refractivity contribution in [3.8, 4) is 0 Å². The summed E-state index contributed by atoms with van der Waals surface area (Å²) in [6, 6.07) is 17.7. The lowest BCUT2D eigenvalue weighted by atomic mass is 10.0. The summed E-state index contributed by atoms with van der Waals surface area (Å²) in [6.07, 6.45) is 0.808. The number of halogens is 1. The third kappa shape index (κ3) is 5.65. The van der Waals surface area contributed by atoms with Crippen LogP contribution in [0.1, 0.15) is 22.3 Å². The van der Waals surface area contributed by atoms with Gasteiger partial charge in [0.1, 0.15) is 10.7 Å². The van der Waals surface area contributed by atoms with Gasteiger partial charge in [-0.3, -0.25) is 9.59 Å². The number of amides is 2. The SMILES string of the molecule is O=C(N[C@@H](Cc1ccccc1)C(=O)NCC1CC(Br)=NO1)c1ccccc1. The van der Waals surface area contributed by atoms with E-state index in [1.165, 1.54) is 0 Å². The highest BCUT2D eigenvalue weighted by atomic mass is 79.9. The Kier molecular flexibility index (Phi) is 6.59. The molecule has 27 heavy (non-hydrogen) atoms. The van der Waals surface area contributed by atoms with E-state index >= 15 is 0 Å². The maximum atomic E-state index is 12.7. The summed E-state index contributed by atoms with van der Waals surface area (Å²) in [6.45, 7) is 0.323. The lowest BCUT2D eigenvalue weighted by Crippen LogP contribution is -2.49. The van der Waals surface area contributed by atoms with Crippen molar-refractivity contribution in [2.24, 2.45) is 5.16 Å². The van der Waals surface area contributed by atoms with Crippen LogP contribution in [0.5, 0.6) is 0 Å². The highest BCUT2D eigenvalue weighted by molar-refractivity contribution is 9.18. The highest BCUT2D eigenvalue weighted by Gasteiger charge is 2.25. The van der Waals surface area contributed by atoms with Gasteiger partial charge in [0.25, 0.3) is 5.91 Å². The van der Waals surface area contributed by atoms with E-state index in [2.05, 4.69) is 31.7 Å². The Hall–Kier alpha value is -2.67. The molecule has 2 aromatic rings. The van der Waals surface area contributed by atoms with Crippen LogP contribution in [-0.4, -0.2) is 35.1 Å². The maximum Gasteiger partial charge on any atom is 0.251 e. The van der Waals surface area contributed by atoms with Gasteiger partial charge in [-0.1, -0.05) is 53.7 Å². The van der Waals surface area contributed by atoms with Crippen LogP contribution in [0.25, 0.3) is 0 Å². The molecule has 2 amide bonds. The first kappa shape index (κ1) is 19.1. The molecule has 0 saturated heterocycles. The average molecular weight is 430 g/mol. The fourth-order valence-electron chi connectivity index (χ4n) is 2.73. The minimum absolute atomic E-state index is 0.203. The van der Waals surface area contributed by atoms with Crippen molar-refractivity contribution in [2.45, 2.75) is 25.0 Å². The molecule has 0 radical (unpaired) electrons. The van der Waals surface area contributed by atoms with E-state index in [0.717, 1.165) is 10.2 Å². The zero-order valence-corrected chi connectivity index (χ0v) is 16.2. The highest BCUT2D eigenvalue weighted by Crippen LogP contribution is 2.13. The largest absolute Gasteiger partial charge is 0.390 e. The molecule has 2 atom stereocenters. The molecular formula is C20H20BrN3O3. The molecule has 1 aliphatic heterocycles. The van der Waals surface area contributed by atoms with E-state index in [-0.39, 0.29) is 17.9 Å². The zero-order chi connectivity index (χ0) is 19.1. The topological polar surface area (TPSA) is 79.8 Å². The molecule has 1 unspecified atom stereocenters. The Labute approximate surface area is 166 Å². The third-order valence-corrected chi connectivity index (χ3v) is 4.61. The number of hydrogen-bond acceptors (Lipinski definition) is 4. The van der Waals surface area contributed by atoms with Crippen molar-refractivity contribution in [1.29, 1.82) is 0 Å². The number of carbonyl (C=O) groups is 2. The van der Waals surface area contributed by atoms with Gasteiger partial charge in [0.2, 0.25) is 5.91 Å². The summed E-state index contributed by atoms with van der Waals surface area (Å²) in [5.41, 5.74) is 1.48. The maximum absolute atomic E-state index is 12.7. The fraction of sp³-hybridized carbons (Fsp3) is 0.250. The number of benzene rings is 2. The van der Waals surface area contributed by atoms with Crippen LogP contribution in [0, 0.1) is 0 Å². The minimum atomic E-state index is -0.689. The number of oxime groups is 1. The van der Waals surface area contributed by atoms with E-state index < -0.39 is 6.04 Å². The van der Waals surface area contributed by atoms with Gasteiger partial charge >= 0.3 is 0 Å². The Morgan fingerprint density at radius 1 is 1.11 bits per heavy atom. The smallest absolute Gasteiger partial charge is 0.251 e. The van der Waals surface area contributed by atoms with Crippen LogP contribution in [-0.2, 0) is 16.1 Å². The van der Waals surface area contributed by atoms with Crippen molar-refractivity contribution in [3.05, 3.63) is 71.8 Å². The number of nitrogens with zero attached hydrogens (tertiary/aromatic N) is 1. The van der Waals surface area contributed by atoms with Crippen molar-refractivity contribution in [1.82, 2.24) is 10.6 Å². The monoisotopic (exact) mass is 429 g/mol. The molecule has 3 rings (SSSR count). The predicted molar refractivity (Wildman–Crippen MR) is 107 cm³/mol. The van der Waals surface area contributed by atoms with E-state index in [1.807, 2.05) is 36.4 Å². The molecule has 6 nitrogen and oxygen atoms in total. The molecule has 7 heteroatoms. The molecule has 1 aliphatic rings. The first-order valence-corrected chi connectivity index (χ1v) is 9.47. The average Bonchev–Trinajstić information content (AvgIpc) is 3.12. The first-order chi connectivity index (χ1) is 13.1. The van der Waals surface area contributed by atoms with E-state index in [0.29, 0.717) is 24.9 Å². The summed E-state index contributed by atoms with van der Waals surface area (Å²) in [4.78, 5) is 30.4. The molecule has 140 valence electrons. The molecule has 0 fully saturated rings. The first-order valence-electron chi connectivity index (χ1n) is 8.67. The fourth-order valence-corrected chi connectivity index (χ4v) is 3.18. The Morgan fingerprint density at radius 2 is 1.78 bits per heavy atom. The van der Waals surface area contributed by atoms with E-state index in [4.69, 9.17) is 4.84 Å². The molecule has 1 heterocycles. The van der Waals surface area contributed by atoms with Crippen LogP contribution in [0.15, 0.2) is 65.8 Å². The van der Waals surface area contributed by atoms with E-state index in [9.17, 15) is 9.59 Å². The van der Waals surface area contributed by atoms with Crippen LogP contribution in [0.2, 0.25) is 0 Å². The molecular weight excluding hydrogens is 410 g/mol. The van der Waals surface area contributed by atoms with Crippen LogP contribution < -0.4 is 10.6 Å². The minimum Gasteiger partial charge on any atom is -0.390 e. The van der Waals surface area contributed by atoms with Gasteiger partial charge in [0.15, 0.2) is 6.10 Å². The number of nitrogens with one attached hydrogen (secondary N) is 2. The third-order valence-electron chi connectivity index (χ3n) is 4.14. The summed E-state index contributed by atoms with van der Waals surface area (Å²) in [7, 11) is 0. The second-order valence-electron chi connectivity index (χ2n) is 6.23. The second-order valence-corrected chi connectivity index (χ2v) is 7.14. The van der Waals surface area contributed by atoms with Gasteiger partial charge < -0.3 is 15.5 Å². The summed E-state index contributed by atoms with van der Waals surface area (Å²) >= 11 is 3.27. The van der Waals surface area contributed by atoms with Crippen LogP contribution in [0.4, 0.5) is 0 Å². The lowest BCUT2D eigenvalue weighted by Gasteiger charge is -2.19. The van der Waals surface area contributed by atoms with Crippen LogP contribution >= 0.6 is 15.9 Å². The van der Waals surface area contributed by atoms with Crippen molar-refractivity contribution >= 4 is 32.4 Å². The second kappa shape index (κ2) is 9.32. The lowest BCUT2D eigenvalue weighted by molar-refractivity contribution is -0.123. The van der Waals surface area contributed by atoms with E-state index in [1.54, 1.807) is 24.3 Å². The molecule has 0 bridgehead atoms. The molecule has 2 N–H and O–H groups in total. The molecule has 0 aliphatic carbocycles. The number of carbonyl (C=O) groups excluding carboxylic acids is 2. The van der Waals surface area contributed by atoms with Gasteiger partial charge in [0, 0.05) is 18.4 Å². The Morgan fingerprint density at radius 3 is 2.41 bits per heavy atom. The van der Waals surface area contributed by atoms with Crippen molar-refractivity contribution in [3.63, 3.8) is 0 Å². The van der Waals surface area contributed by atoms with Gasteiger partial charge in [0.05, 0.1) is 6.54 Å². The number of hydrogen-bond donors (Lipinski definition) is 2. The normalized spacial score (nSPS) is 16.8. The van der Waals surface area contributed by atoms with Crippen LogP contribution in [0.3, 0.4) is 0 Å². The zero-order valence-electron chi connectivity index (χ0n) is 14.6. The summed E-state index contributed by atoms with van der Waals surface area (Å²) in [5.74, 6) is -0.537. The standard InChI is InChI=1S/C20H20BrN3O3/c21-18-12-16(27-24-18)13-22-20(26)17(11-14-7-3-1-4-8-14)23-19(25)15-9-5-2-6-10-15/h1-10,16-17H,11-13H2,(H,22,26)(H,23,25)/t16?,17-/m0/s1. The van der Waals surface area contributed by atoms with Crippen molar-refractivity contribution in [2.75, 3.05) is 6.54 Å². The van der Waals surface area contributed by atoms with Gasteiger partial charge in [-0.25, -0.2) is 0 Å². The van der Waals surface area contributed by atoms with Crippen molar-refractivity contribution < 1.29 is 14.4 Å². The van der Waals surface area contributed by atoms with Gasteiger partial charge in [-0.05, 0) is 33.6 Å². The summed E-state index contributed by atoms with van der Waals surface area (Å²) < 4.78 is 0.722. The molecule has 0 spiro atoms. The Balaban J connectivity index is 1.65. The Bertz CT molecular complexity index is 812. The van der Waals surface area contributed by atoms with Gasteiger partial charge in [-0.2, -0.15) is 0 Å². The van der Waals surface area contributed by atoms with Gasteiger partial charge in [-0.15, -0.1) is 0 Å². The molecule has 0 aromatic heterocycles. The quantitative estimate of drug-likeness (QED) is 0.709. The molecule has 0 saturated carbocycles. The molecule has 2 aromatic carbocycles. The number of rotatable bonds is 7. The summed E-state index contributed by atoms with van der Waals surface area (Å²) in [5, 5.41) is 9.49.